The lowest BCUT2D eigenvalue weighted by Crippen LogP contribution is -2.17. The maximum Gasteiger partial charge on any atom is 0.416 e. The second-order valence-corrected chi connectivity index (χ2v) is 13.0. The molecular weight excluding hydrogens is 673 g/mol. The third-order valence-electron chi connectivity index (χ3n) is 6.88. The molecule has 3 rings (SSSR count). The predicted molar refractivity (Wildman–Crippen MR) is 182 cm³/mol. The Morgan fingerprint density at radius 3 is 2.31 bits per heavy atom. The van der Waals surface area contributed by atoms with Crippen LogP contribution >= 0.6 is 22.9 Å². The van der Waals surface area contributed by atoms with E-state index in [9.17, 15) is 22.8 Å². The van der Waals surface area contributed by atoms with Gasteiger partial charge in [-0.3, -0.25) is 14.9 Å². The van der Waals surface area contributed by atoms with Crippen LogP contribution in [0, 0.1) is 5.92 Å². The molecule has 1 aromatic heterocycles. The average molecular weight is 719 g/mol. The van der Waals surface area contributed by atoms with Crippen LogP contribution in [0.1, 0.15) is 88.4 Å². The number of anilines is 1. The van der Waals surface area contributed by atoms with E-state index < -0.39 is 30.4 Å². The second kappa shape index (κ2) is 19.9. The Morgan fingerprint density at radius 2 is 1.73 bits per heavy atom. The number of methoxy groups -OCH3 is 1. The smallest absolute Gasteiger partial charge is 0.416 e. The van der Waals surface area contributed by atoms with E-state index in [2.05, 4.69) is 44.9 Å². The molecule has 9 nitrogen and oxygen atoms in total. The van der Waals surface area contributed by atoms with Gasteiger partial charge in [0.05, 0.1) is 53.4 Å². The molecule has 0 saturated heterocycles. The van der Waals surface area contributed by atoms with Gasteiger partial charge in [-0.15, -0.1) is 0 Å². The Labute approximate surface area is 289 Å². The molecule has 2 atom stereocenters. The third kappa shape index (κ3) is 13.5. The highest BCUT2D eigenvalue weighted by Crippen LogP contribution is 2.37. The lowest BCUT2D eigenvalue weighted by Gasteiger charge is -2.19. The minimum Gasteiger partial charge on any atom is -0.456 e. The summed E-state index contributed by atoms with van der Waals surface area (Å²) >= 11 is 7.07. The van der Waals surface area contributed by atoms with Gasteiger partial charge >= 0.3 is 12.1 Å². The van der Waals surface area contributed by atoms with Gasteiger partial charge in [-0.25, -0.2) is 4.98 Å². The van der Waals surface area contributed by atoms with E-state index >= 15 is 0 Å². The van der Waals surface area contributed by atoms with Crippen LogP contribution in [0.25, 0.3) is 10.2 Å². The standard InChI is InChI=1S/C24H24ClF3N2O6S.C10H22O/c1-4-14-8-17(25)10-18(21(14)36-12-35-13(2)31)22(32)30-23-29-20-15(11-34-6-5-33-3)7-16(24(26,27)28)9-19(20)37-23;1-6-9(4)11-10(5)7-8(2)3/h7-10H,4-6,11-12H2,1-3H3,(H,29,30,32);8-10H,6-7H2,1-5H3/t;9-,10+/m.1/s1. The van der Waals surface area contributed by atoms with Gasteiger partial charge in [0.15, 0.2) is 5.13 Å². The van der Waals surface area contributed by atoms with Gasteiger partial charge in [-0.05, 0) is 68.9 Å². The van der Waals surface area contributed by atoms with E-state index in [4.69, 9.17) is 35.3 Å². The number of nitrogens with zero attached hydrogens (tertiary/aromatic N) is 1. The number of fused-ring (bicyclic) bond motifs is 1. The molecule has 0 aliphatic rings. The van der Waals surface area contributed by atoms with Crippen LogP contribution < -0.4 is 10.1 Å². The summed E-state index contributed by atoms with van der Waals surface area (Å²) in [5, 5.41) is 2.95. The first-order valence-corrected chi connectivity index (χ1v) is 16.9. The first-order valence-electron chi connectivity index (χ1n) is 15.7. The van der Waals surface area contributed by atoms with Crippen molar-refractivity contribution in [2.75, 3.05) is 32.4 Å². The highest BCUT2D eigenvalue weighted by molar-refractivity contribution is 7.22. The lowest BCUT2D eigenvalue weighted by molar-refractivity contribution is -0.147. The number of nitrogens with one attached hydrogen (secondary N) is 1. The quantitative estimate of drug-likeness (QED) is 0.0889. The SMILES string of the molecule is CC[C@@H](C)O[C@@H](C)CC(C)C.CCc1cc(Cl)cc(C(=O)Nc2nc3c(COCCOC)cc(C(F)(F)F)cc3s2)c1OCOC(C)=O. The van der Waals surface area contributed by atoms with Crippen molar-refractivity contribution in [1.29, 1.82) is 0 Å². The van der Waals surface area contributed by atoms with E-state index in [-0.39, 0.29) is 57.1 Å². The number of hydrogen-bond acceptors (Lipinski definition) is 9. The number of aromatic nitrogens is 1. The molecule has 1 heterocycles. The fourth-order valence-electron chi connectivity index (χ4n) is 4.55. The highest BCUT2D eigenvalue weighted by atomic mass is 35.5. The first kappa shape index (κ1) is 41.2. The molecule has 2 aromatic carbocycles. The van der Waals surface area contributed by atoms with Gasteiger partial charge in [0.2, 0.25) is 6.79 Å². The molecule has 0 aliphatic heterocycles. The zero-order valence-electron chi connectivity index (χ0n) is 28.7. The van der Waals surface area contributed by atoms with E-state index in [1.807, 2.05) is 6.92 Å². The van der Waals surface area contributed by atoms with E-state index in [0.29, 0.717) is 24.2 Å². The Morgan fingerprint density at radius 1 is 1.02 bits per heavy atom. The van der Waals surface area contributed by atoms with E-state index in [1.165, 1.54) is 26.5 Å². The summed E-state index contributed by atoms with van der Waals surface area (Å²) in [6, 6.07) is 4.95. The number of hydrogen-bond donors (Lipinski definition) is 1. The summed E-state index contributed by atoms with van der Waals surface area (Å²) in [5.74, 6) is -0.303. The summed E-state index contributed by atoms with van der Waals surface area (Å²) in [5.41, 5.74) is 0.293. The zero-order valence-corrected chi connectivity index (χ0v) is 30.3. The second-order valence-electron chi connectivity index (χ2n) is 11.5. The third-order valence-corrected chi connectivity index (χ3v) is 8.01. The molecule has 14 heteroatoms. The fraction of sp³-hybridized carbons (Fsp3) is 0.559. The number of aryl methyl sites for hydroxylation is 1. The predicted octanol–water partition coefficient (Wildman–Crippen LogP) is 9.08. The molecular formula is C34H46ClF3N2O7S. The normalized spacial score (nSPS) is 12.8. The number of halogens is 4. The Hall–Kier alpha value is -2.97. The summed E-state index contributed by atoms with van der Waals surface area (Å²) in [7, 11) is 1.48. The van der Waals surface area contributed by atoms with Gasteiger partial charge in [0.25, 0.3) is 5.91 Å². The van der Waals surface area contributed by atoms with Crippen LogP contribution in [-0.4, -0.2) is 56.2 Å². The van der Waals surface area contributed by atoms with Crippen molar-refractivity contribution in [2.45, 2.75) is 92.7 Å². The van der Waals surface area contributed by atoms with Crippen molar-refractivity contribution in [1.82, 2.24) is 4.98 Å². The molecule has 48 heavy (non-hydrogen) atoms. The molecule has 0 spiro atoms. The number of carbonyl (C=O) groups excluding carboxylic acids is 2. The molecule has 268 valence electrons. The van der Waals surface area contributed by atoms with Crippen LogP contribution in [0.3, 0.4) is 0 Å². The highest BCUT2D eigenvalue weighted by Gasteiger charge is 2.32. The van der Waals surface area contributed by atoms with Crippen molar-refractivity contribution < 1.29 is 46.4 Å². The van der Waals surface area contributed by atoms with Crippen molar-refractivity contribution in [3.63, 3.8) is 0 Å². The molecule has 1 N–H and O–H groups in total. The fourth-order valence-corrected chi connectivity index (χ4v) is 5.74. The molecule has 0 aliphatic carbocycles. The number of rotatable bonds is 16. The molecule has 0 bridgehead atoms. The largest absolute Gasteiger partial charge is 0.456 e. The molecule has 0 radical (unpaired) electrons. The molecule has 0 saturated carbocycles. The monoisotopic (exact) mass is 718 g/mol. The Balaban J connectivity index is 0.000000623. The van der Waals surface area contributed by atoms with Gasteiger partial charge in [-0.2, -0.15) is 13.2 Å². The maximum absolute atomic E-state index is 13.5. The molecule has 1 amide bonds. The maximum atomic E-state index is 13.5. The summed E-state index contributed by atoms with van der Waals surface area (Å²) in [6.07, 6.45) is -0.987. The average Bonchev–Trinajstić information content (AvgIpc) is 3.41. The number of ether oxygens (including phenoxy) is 5. The Bertz CT molecular complexity index is 1480. The number of benzene rings is 2. The number of esters is 1. The topological polar surface area (TPSA) is 105 Å². The van der Waals surface area contributed by atoms with Gasteiger partial charge in [0.1, 0.15) is 5.75 Å². The summed E-state index contributed by atoms with van der Waals surface area (Å²) in [6.45, 7) is 13.9. The number of carbonyl (C=O) groups is 2. The van der Waals surface area contributed by atoms with Crippen LogP contribution in [0.2, 0.25) is 5.02 Å². The molecule has 0 unspecified atom stereocenters. The van der Waals surface area contributed by atoms with Crippen molar-refractivity contribution in [3.8, 4) is 5.75 Å². The Kier molecular flexibility index (Phi) is 17.1. The summed E-state index contributed by atoms with van der Waals surface area (Å²) in [4.78, 5) is 28.6. The van der Waals surface area contributed by atoms with Crippen LogP contribution in [0.4, 0.5) is 18.3 Å². The van der Waals surface area contributed by atoms with Crippen molar-refractivity contribution in [2.24, 2.45) is 5.92 Å². The van der Waals surface area contributed by atoms with Gasteiger partial charge < -0.3 is 23.7 Å². The summed E-state index contributed by atoms with van der Waals surface area (Å²) < 4.78 is 67.1. The number of amides is 1. The lowest BCUT2D eigenvalue weighted by atomic mass is 10.1. The van der Waals surface area contributed by atoms with Crippen LogP contribution in [-0.2, 0) is 42.9 Å². The first-order chi connectivity index (χ1) is 22.6. The number of thiazole rings is 1. The van der Waals surface area contributed by atoms with Crippen molar-refractivity contribution >= 4 is 50.2 Å². The van der Waals surface area contributed by atoms with Crippen LogP contribution in [0.15, 0.2) is 24.3 Å². The van der Waals surface area contributed by atoms with E-state index in [0.717, 1.165) is 35.8 Å². The van der Waals surface area contributed by atoms with E-state index in [1.54, 1.807) is 6.07 Å². The van der Waals surface area contributed by atoms with Crippen molar-refractivity contribution in [3.05, 3.63) is 51.5 Å². The number of alkyl halides is 3. The molecule has 3 aromatic rings. The minimum absolute atomic E-state index is 0.0508. The van der Waals surface area contributed by atoms with Gasteiger partial charge in [-0.1, -0.05) is 50.6 Å². The zero-order chi connectivity index (χ0) is 36.0. The van der Waals surface area contributed by atoms with Gasteiger partial charge in [0, 0.05) is 24.6 Å². The van der Waals surface area contributed by atoms with Crippen LogP contribution in [0.5, 0.6) is 5.75 Å². The minimum atomic E-state index is -4.58. The molecule has 0 fully saturated rings.